The standard InChI is InChI=1S/C15H18FN3O2/c16-11-5-1-2-6-12(11)18-15(21)19-8-10-4-3-7-14(20)17-13(10)9-19/h1-2,5-6,10,13H,3-4,7-9H2,(H,17,20)(H,18,21)/t10-,13+/m1/s1. The van der Waals surface area contributed by atoms with Gasteiger partial charge in [0, 0.05) is 19.5 Å². The van der Waals surface area contributed by atoms with Crippen LogP contribution in [0, 0.1) is 11.7 Å². The smallest absolute Gasteiger partial charge is 0.322 e. The third-order valence-electron chi connectivity index (χ3n) is 4.17. The summed E-state index contributed by atoms with van der Waals surface area (Å²) in [6.07, 6.45) is 2.36. The van der Waals surface area contributed by atoms with Crippen molar-refractivity contribution in [2.45, 2.75) is 25.3 Å². The van der Waals surface area contributed by atoms with Crippen molar-refractivity contribution in [2.24, 2.45) is 5.92 Å². The topological polar surface area (TPSA) is 61.4 Å². The van der Waals surface area contributed by atoms with E-state index in [2.05, 4.69) is 10.6 Å². The first kappa shape index (κ1) is 13.9. The molecule has 1 aromatic carbocycles. The number of urea groups is 1. The fourth-order valence-electron chi connectivity index (χ4n) is 3.05. The molecule has 6 heteroatoms. The number of hydrogen-bond donors (Lipinski definition) is 2. The normalized spacial score (nSPS) is 25.0. The molecule has 0 bridgehead atoms. The van der Waals surface area contributed by atoms with Crippen molar-refractivity contribution in [3.05, 3.63) is 30.1 Å². The second kappa shape index (κ2) is 5.71. The molecule has 112 valence electrons. The molecular formula is C15H18FN3O2. The number of nitrogens with zero attached hydrogens (tertiary/aromatic N) is 1. The Balaban J connectivity index is 1.64. The first-order valence-electron chi connectivity index (χ1n) is 7.23. The van der Waals surface area contributed by atoms with E-state index in [0.29, 0.717) is 25.4 Å². The quantitative estimate of drug-likeness (QED) is 0.831. The SMILES string of the molecule is O=C1CCC[C@@H]2CN(C(=O)Nc3ccccc3F)C[C@@H]2N1. The molecular weight excluding hydrogens is 273 g/mol. The van der Waals surface area contributed by atoms with E-state index in [9.17, 15) is 14.0 Å². The fourth-order valence-corrected chi connectivity index (χ4v) is 3.05. The zero-order chi connectivity index (χ0) is 14.8. The molecule has 2 fully saturated rings. The van der Waals surface area contributed by atoms with Crippen LogP contribution in [0.5, 0.6) is 0 Å². The monoisotopic (exact) mass is 291 g/mol. The zero-order valence-electron chi connectivity index (χ0n) is 11.6. The van der Waals surface area contributed by atoms with Crippen molar-refractivity contribution in [2.75, 3.05) is 18.4 Å². The molecule has 2 N–H and O–H groups in total. The Morgan fingerprint density at radius 1 is 1.33 bits per heavy atom. The second-order valence-corrected chi connectivity index (χ2v) is 5.64. The van der Waals surface area contributed by atoms with Crippen LogP contribution in [-0.2, 0) is 4.79 Å². The Kier molecular flexibility index (Phi) is 3.77. The predicted molar refractivity (Wildman–Crippen MR) is 76.3 cm³/mol. The number of likely N-dealkylation sites (tertiary alicyclic amines) is 1. The Morgan fingerprint density at radius 2 is 2.14 bits per heavy atom. The minimum Gasteiger partial charge on any atom is -0.351 e. The summed E-state index contributed by atoms with van der Waals surface area (Å²) in [4.78, 5) is 25.4. The van der Waals surface area contributed by atoms with Crippen molar-refractivity contribution in [3.63, 3.8) is 0 Å². The van der Waals surface area contributed by atoms with Gasteiger partial charge in [0.05, 0.1) is 11.7 Å². The van der Waals surface area contributed by atoms with E-state index in [-0.39, 0.29) is 23.7 Å². The number of hydrogen-bond acceptors (Lipinski definition) is 2. The molecule has 2 heterocycles. The summed E-state index contributed by atoms with van der Waals surface area (Å²) < 4.78 is 13.5. The lowest BCUT2D eigenvalue weighted by molar-refractivity contribution is -0.121. The van der Waals surface area contributed by atoms with Gasteiger partial charge in [-0.25, -0.2) is 9.18 Å². The largest absolute Gasteiger partial charge is 0.351 e. The van der Waals surface area contributed by atoms with Crippen LogP contribution in [0.2, 0.25) is 0 Å². The Hall–Kier alpha value is -2.11. The van der Waals surface area contributed by atoms with Gasteiger partial charge < -0.3 is 15.5 Å². The lowest BCUT2D eigenvalue weighted by Gasteiger charge is -2.18. The van der Waals surface area contributed by atoms with E-state index in [1.165, 1.54) is 12.1 Å². The molecule has 5 nitrogen and oxygen atoms in total. The van der Waals surface area contributed by atoms with Crippen molar-refractivity contribution >= 4 is 17.6 Å². The molecule has 2 atom stereocenters. The number of benzene rings is 1. The third-order valence-corrected chi connectivity index (χ3v) is 4.17. The van der Waals surface area contributed by atoms with Gasteiger partial charge in [0.25, 0.3) is 0 Å². The van der Waals surface area contributed by atoms with Crippen LogP contribution >= 0.6 is 0 Å². The average Bonchev–Trinajstić information content (AvgIpc) is 2.76. The van der Waals surface area contributed by atoms with Crippen molar-refractivity contribution in [1.29, 1.82) is 0 Å². The number of fused-ring (bicyclic) bond motifs is 1. The molecule has 0 spiro atoms. The van der Waals surface area contributed by atoms with Gasteiger partial charge in [-0.1, -0.05) is 12.1 Å². The summed E-state index contributed by atoms with van der Waals surface area (Å²) in [5.41, 5.74) is 0.179. The molecule has 21 heavy (non-hydrogen) atoms. The van der Waals surface area contributed by atoms with Crippen LogP contribution < -0.4 is 10.6 Å². The summed E-state index contributed by atoms with van der Waals surface area (Å²) in [5, 5.41) is 5.55. The van der Waals surface area contributed by atoms with Gasteiger partial charge in [-0.15, -0.1) is 0 Å². The first-order chi connectivity index (χ1) is 10.1. The van der Waals surface area contributed by atoms with Gasteiger partial charge in [0.15, 0.2) is 0 Å². The van der Waals surface area contributed by atoms with Crippen molar-refractivity contribution in [1.82, 2.24) is 10.2 Å². The molecule has 2 aliphatic rings. The predicted octanol–water partition coefficient (Wildman–Crippen LogP) is 1.96. The Labute approximate surface area is 122 Å². The van der Waals surface area contributed by atoms with Crippen LogP contribution in [0.4, 0.5) is 14.9 Å². The number of halogens is 1. The zero-order valence-corrected chi connectivity index (χ0v) is 11.6. The van der Waals surface area contributed by atoms with Crippen molar-refractivity contribution in [3.8, 4) is 0 Å². The summed E-state index contributed by atoms with van der Waals surface area (Å²) in [7, 11) is 0. The number of para-hydroxylation sites is 1. The Bertz CT molecular complexity index is 564. The second-order valence-electron chi connectivity index (χ2n) is 5.64. The van der Waals surface area contributed by atoms with E-state index < -0.39 is 5.82 Å². The molecule has 3 rings (SSSR count). The lowest BCUT2D eigenvalue weighted by atomic mass is 9.99. The first-order valence-corrected chi connectivity index (χ1v) is 7.23. The number of nitrogens with one attached hydrogen (secondary N) is 2. The van der Waals surface area contributed by atoms with E-state index >= 15 is 0 Å². The van der Waals surface area contributed by atoms with E-state index in [1.807, 2.05) is 0 Å². The highest BCUT2D eigenvalue weighted by Crippen LogP contribution is 2.26. The fraction of sp³-hybridized carbons (Fsp3) is 0.467. The average molecular weight is 291 g/mol. The van der Waals surface area contributed by atoms with Crippen LogP contribution in [0.1, 0.15) is 19.3 Å². The summed E-state index contributed by atoms with van der Waals surface area (Å²) in [6.45, 7) is 1.09. The maximum absolute atomic E-state index is 13.5. The highest BCUT2D eigenvalue weighted by molar-refractivity contribution is 5.89. The van der Waals surface area contributed by atoms with Crippen LogP contribution in [-0.4, -0.2) is 36.0 Å². The molecule has 1 aromatic rings. The third kappa shape index (κ3) is 2.99. The van der Waals surface area contributed by atoms with E-state index in [1.54, 1.807) is 17.0 Å². The number of anilines is 1. The summed E-state index contributed by atoms with van der Waals surface area (Å²) in [6, 6.07) is 5.79. The van der Waals surface area contributed by atoms with Crippen LogP contribution in [0.25, 0.3) is 0 Å². The molecule has 3 amide bonds. The molecule has 0 radical (unpaired) electrons. The van der Waals surface area contributed by atoms with E-state index in [0.717, 1.165) is 12.8 Å². The van der Waals surface area contributed by atoms with E-state index in [4.69, 9.17) is 0 Å². The van der Waals surface area contributed by atoms with Gasteiger partial charge in [0.2, 0.25) is 5.91 Å². The lowest BCUT2D eigenvalue weighted by Crippen LogP contribution is -2.40. The molecule has 2 aliphatic heterocycles. The maximum Gasteiger partial charge on any atom is 0.322 e. The Morgan fingerprint density at radius 3 is 2.95 bits per heavy atom. The van der Waals surface area contributed by atoms with Gasteiger partial charge in [-0.3, -0.25) is 4.79 Å². The number of amides is 3. The summed E-state index contributed by atoms with van der Waals surface area (Å²) in [5.74, 6) is -0.103. The molecule has 0 aromatic heterocycles. The van der Waals surface area contributed by atoms with Gasteiger partial charge in [-0.2, -0.15) is 0 Å². The van der Waals surface area contributed by atoms with Gasteiger partial charge in [0.1, 0.15) is 5.82 Å². The highest BCUT2D eigenvalue weighted by atomic mass is 19.1. The van der Waals surface area contributed by atoms with Crippen LogP contribution in [0.15, 0.2) is 24.3 Å². The summed E-state index contributed by atoms with van der Waals surface area (Å²) >= 11 is 0. The number of rotatable bonds is 1. The number of carbonyl (C=O) groups excluding carboxylic acids is 2. The van der Waals surface area contributed by atoms with Gasteiger partial charge >= 0.3 is 6.03 Å². The molecule has 0 aliphatic carbocycles. The highest BCUT2D eigenvalue weighted by Gasteiger charge is 2.37. The molecule has 2 saturated heterocycles. The maximum atomic E-state index is 13.5. The van der Waals surface area contributed by atoms with Crippen molar-refractivity contribution < 1.29 is 14.0 Å². The minimum absolute atomic E-state index is 0.0198. The van der Waals surface area contributed by atoms with Crippen LogP contribution in [0.3, 0.4) is 0 Å². The number of carbonyl (C=O) groups is 2. The minimum atomic E-state index is -0.451. The van der Waals surface area contributed by atoms with Gasteiger partial charge in [-0.05, 0) is 30.9 Å². The molecule has 0 unspecified atom stereocenters. The molecule has 0 saturated carbocycles.